The maximum atomic E-state index is 12.9. The molecule has 180 valence electrons. The molecule has 1 aliphatic carbocycles. The number of carboxylic acids is 1. The highest BCUT2D eigenvalue weighted by Crippen LogP contribution is 2.44. The minimum atomic E-state index is -0.867. The van der Waals surface area contributed by atoms with Gasteiger partial charge in [0.05, 0.1) is 5.92 Å². The molecule has 2 aromatic carbocycles. The first-order valence-electron chi connectivity index (χ1n) is 12.0. The molecule has 2 amide bonds. The van der Waals surface area contributed by atoms with E-state index in [0.29, 0.717) is 19.3 Å². The largest absolute Gasteiger partial charge is 0.481 e. The van der Waals surface area contributed by atoms with Gasteiger partial charge in [-0.15, -0.1) is 0 Å². The highest BCUT2D eigenvalue weighted by Gasteiger charge is 2.34. The number of ether oxygens (including phenoxy) is 1. The standard InChI is InChI=1S/C27H32N2O5/c1-3-19(14-25(30)29-15-18(26(31)32)13-12-17(29)2)28-27(33)34-16-24-22-10-6-4-8-20(22)21-9-5-7-11-23(21)24/h4-11,17-19,24H,3,12-16H2,1-2H3,(H,28,33)(H,31,32). The molecule has 0 saturated carbocycles. The van der Waals surface area contributed by atoms with E-state index in [0.717, 1.165) is 11.1 Å². The van der Waals surface area contributed by atoms with Gasteiger partial charge in [0.1, 0.15) is 6.61 Å². The summed E-state index contributed by atoms with van der Waals surface area (Å²) in [7, 11) is 0. The molecule has 1 heterocycles. The van der Waals surface area contributed by atoms with E-state index >= 15 is 0 Å². The van der Waals surface area contributed by atoms with Gasteiger partial charge >= 0.3 is 12.1 Å². The van der Waals surface area contributed by atoms with Crippen molar-refractivity contribution in [2.75, 3.05) is 13.2 Å². The number of carbonyl (C=O) groups is 3. The Bertz CT molecular complexity index is 1020. The lowest BCUT2D eigenvalue weighted by Crippen LogP contribution is -2.49. The third kappa shape index (κ3) is 4.93. The smallest absolute Gasteiger partial charge is 0.407 e. The highest BCUT2D eigenvalue weighted by atomic mass is 16.5. The van der Waals surface area contributed by atoms with Crippen molar-refractivity contribution in [3.05, 3.63) is 59.7 Å². The predicted molar refractivity (Wildman–Crippen MR) is 128 cm³/mol. The number of likely N-dealkylation sites (tertiary alicyclic amines) is 1. The van der Waals surface area contributed by atoms with Crippen molar-refractivity contribution in [1.82, 2.24) is 10.2 Å². The van der Waals surface area contributed by atoms with Gasteiger partial charge in [-0.2, -0.15) is 0 Å². The Morgan fingerprint density at radius 2 is 1.68 bits per heavy atom. The zero-order valence-corrected chi connectivity index (χ0v) is 19.7. The first-order chi connectivity index (χ1) is 16.4. The van der Waals surface area contributed by atoms with Crippen LogP contribution in [0.1, 0.15) is 56.6 Å². The fraction of sp³-hybridized carbons (Fsp3) is 0.444. The molecule has 7 heteroatoms. The van der Waals surface area contributed by atoms with Crippen LogP contribution in [0.2, 0.25) is 0 Å². The average Bonchev–Trinajstić information content (AvgIpc) is 3.16. The summed E-state index contributed by atoms with van der Waals surface area (Å²) in [5.74, 6) is -1.56. The fourth-order valence-corrected chi connectivity index (χ4v) is 5.09. The maximum Gasteiger partial charge on any atom is 0.407 e. The second kappa shape index (κ2) is 10.3. The number of alkyl carbamates (subject to hydrolysis) is 1. The molecule has 3 atom stereocenters. The second-order valence-corrected chi connectivity index (χ2v) is 9.29. The molecule has 2 aromatic rings. The molecule has 0 bridgehead atoms. The van der Waals surface area contributed by atoms with E-state index in [1.54, 1.807) is 4.90 Å². The summed E-state index contributed by atoms with van der Waals surface area (Å²) in [6.45, 7) is 4.28. The van der Waals surface area contributed by atoms with Crippen LogP contribution in [0.5, 0.6) is 0 Å². The Kier molecular flexibility index (Phi) is 7.20. The minimum absolute atomic E-state index is 0.00457. The van der Waals surface area contributed by atoms with E-state index in [9.17, 15) is 19.5 Å². The number of fused-ring (bicyclic) bond motifs is 3. The van der Waals surface area contributed by atoms with Crippen molar-refractivity contribution in [3.63, 3.8) is 0 Å². The summed E-state index contributed by atoms with van der Waals surface area (Å²) >= 11 is 0. The summed E-state index contributed by atoms with van der Waals surface area (Å²) in [4.78, 5) is 38.6. The van der Waals surface area contributed by atoms with Crippen molar-refractivity contribution in [3.8, 4) is 11.1 Å². The van der Waals surface area contributed by atoms with Crippen LogP contribution in [0.4, 0.5) is 4.79 Å². The second-order valence-electron chi connectivity index (χ2n) is 9.29. The molecular formula is C27H32N2O5. The van der Waals surface area contributed by atoms with Crippen LogP contribution < -0.4 is 5.32 Å². The topological polar surface area (TPSA) is 95.9 Å². The van der Waals surface area contributed by atoms with Crippen molar-refractivity contribution in [2.24, 2.45) is 5.92 Å². The molecule has 1 aliphatic heterocycles. The zero-order valence-electron chi connectivity index (χ0n) is 19.7. The normalized spacial score (nSPS) is 20.2. The Morgan fingerprint density at radius 1 is 1.06 bits per heavy atom. The van der Waals surface area contributed by atoms with Gasteiger partial charge < -0.3 is 20.1 Å². The molecule has 0 spiro atoms. The van der Waals surface area contributed by atoms with Crippen LogP contribution in [-0.2, 0) is 14.3 Å². The third-order valence-corrected chi connectivity index (χ3v) is 7.13. The number of rotatable bonds is 7. The van der Waals surface area contributed by atoms with E-state index in [-0.39, 0.29) is 43.5 Å². The third-order valence-electron chi connectivity index (χ3n) is 7.13. The Balaban J connectivity index is 1.34. The number of hydrogen-bond acceptors (Lipinski definition) is 4. The monoisotopic (exact) mass is 464 g/mol. The predicted octanol–water partition coefficient (Wildman–Crippen LogP) is 4.41. The van der Waals surface area contributed by atoms with Crippen molar-refractivity contribution in [2.45, 2.75) is 57.5 Å². The molecule has 1 fully saturated rings. The van der Waals surface area contributed by atoms with Gasteiger partial charge in [0.15, 0.2) is 0 Å². The number of hydrogen-bond donors (Lipinski definition) is 2. The first-order valence-corrected chi connectivity index (χ1v) is 12.0. The van der Waals surface area contributed by atoms with Gasteiger partial charge in [-0.25, -0.2) is 4.79 Å². The van der Waals surface area contributed by atoms with Crippen LogP contribution in [0.25, 0.3) is 11.1 Å². The van der Waals surface area contributed by atoms with Gasteiger partial charge in [-0.3, -0.25) is 9.59 Å². The van der Waals surface area contributed by atoms with E-state index in [1.807, 2.05) is 38.1 Å². The number of aliphatic carboxylic acids is 1. The molecule has 7 nitrogen and oxygen atoms in total. The van der Waals surface area contributed by atoms with Crippen LogP contribution in [0.15, 0.2) is 48.5 Å². The van der Waals surface area contributed by atoms with E-state index < -0.39 is 18.0 Å². The van der Waals surface area contributed by atoms with Crippen LogP contribution >= 0.6 is 0 Å². The number of benzene rings is 2. The number of nitrogens with zero attached hydrogens (tertiary/aromatic N) is 1. The molecule has 0 radical (unpaired) electrons. The van der Waals surface area contributed by atoms with Crippen molar-refractivity contribution in [1.29, 1.82) is 0 Å². The molecule has 2 aliphatic rings. The number of amides is 2. The molecule has 2 N–H and O–H groups in total. The SMILES string of the molecule is CCC(CC(=O)N1CC(C(=O)O)CCC1C)NC(=O)OCC1c2ccccc2-c2ccccc21. The average molecular weight is 465 g/mol. The Hall–Kier alpha value is -3.35. The van der Waals surface area contributed by atoms with Gasteiger partial charge in [0.25, 0.3) is 0 Å². The lowest BCUT2D eigenvalue weighted by atomic mass is 9.93. The van der Waals surface area contributed by atoms with E-state index in [1.165, 1.54) is 11.1 Å². The first kappa shape index (κ1) is 23.8. The van der Waals surface area contributed by atoms with Crippen molar-refractivity contribution < 1.29 is 24.2 Å². The number of carboxylic acid groups (broad SMARTS) is 1. The lowest BCUT2D eigenvalue weighted by Gasteiger charge is -2.37. The number of carbonyl (C=O) groups excluding carboxylic acids is 2. The fourth-order valence-electron chi connectivity index (χ4n) is 5.09. The Morgan fingerprint density at radius 3 is 2.26 bits per heavy atom. The van der Waals surface area contributed by atoms with Gasteiger partial charge in [0, 0.05) is 31.0 Å². The molecule has 1 saturated heterocycles. The van der Waals surface area contributed by atoms with Crippen LogP contribution in [-0.4, -0.2) is 53.2 Å². The zero-order chi connectivity index (χ0) is 24.2. The van der Waals surface area contributed by atoms with Crippen LogP contribution in [0, 0.1) is 5.92 Å². The Labute approximate surface area is 200 Å². The molecule has 34 heavy (non-hydrogen) atoms. The molecule has 0 aromatic heterocycles. The minimum Gasteiger partial charge on any atom is -0.481 e. The van der Waals surface area contributed by atoms with E-state index in [4.69, 9.17) is 4.74 Å². The number of piperidine rings is 1. The number of nitrogens with one attached hydrogen (secondary N) is 1. The molecule has 4 rings (SSSR count). The molecule has 3 unspecified atom stereocenters. The maximum absolute atomic E-state index is 12.9. The van der Waals surface area contributed by atoms with Gasteiger partial charge in [0.2, 0.25) is 5.91 Å². The lowest BCUT2D eigenvalue weighted by molar-refractivity contribution is -0.147. The van der Waals surface area contributed by atoms with Crippen molar-refractivity contribution >= 4 is 18.0 Å². The van der Waals surface area contributed by atoms with Gasteiger partial charge in [-0.1, -0.05) is 55.5 Å². The summed E-state index contributed by atoms with van der Waals surface area (Å²) in [5, 5.41) is 12.2. The highest BCUT2D eigenvalue weighted by molar-refractivity contribution is 5.80. The molecular weight excluding hydrogens is 432 g/mol. The summed E-state index contributed by atoms with van der Waals surface area (Å²) < 4.78 is 5.62. The summed E-state index contributed by atoms with van der Waals surface area (Å²) in [5.41, 5.74) is 4.62. The van der Waals surface area contributed by atoms with Crippen LogP contribution in [0.3, 0.4) is 0 Å². The quantitative estimate of drug-likeness (QED) is 0.633. The summed E-state index contributed by atoms with van der Waals surface area (Å²) in [6, 6.07) is 15.9. The van der Waals surface area contributed by atoms with E-state index in [2.05, 4.69) is 29.6 Å². The summed E-state index contributed by atoms with van der Waals surface area (Å²) in [6.07, 6.45) is 1.39. The van der Waals surface area contributed by atoms with Gasteiger partial charge in [-0.05, 0) is 48.4 Å².